The van der Waals surface area contributed by atoms with Gasteiger partial charge in [0, 0.05) is 3.57 Å². The molecule has 2 aromatic carbocycles. The van der Waals surface area contributed by atoms with Crippen LogP contribution in [0, 0.1) is 7.14 Å². The number of carboxylic acid groups (broad SMARTS) is 1. The number of carboxylic acids is 1. The van der Waals surface area contributed by atoms with E-state index in [-0.39, 0.29) is 22.6 Å². The Labute approximate surface area is 147 Å². The molecule has 21 heavy (non-hydrogen) atoms. The Morgan fingerprint density at radius 2 is 1.67 bits per heavy atom. The molecule has 108 valence electrons. The van der Waals surface area contributed by atoms with E-state index >= 15 is 0 Å². The maximum atomic E-state index is 12.1. The summed E-state index contributed by atoms with van der Waals surface area (Å²) in [6.45, 7) is 0. The minimum Gasteiger partial charge on any atom is -0.872 e. The molecule has 0 aliphatic heterocycles. The number of carbonyl (C=O) groups is 2. The fourth-order valence-corrected chi connectivity index (χ4v) is 2.58. The molecule has 1 N–H and O–H groups in total. The number of carbonyl (C=O) groups excluding carboxylic acids is 1. The normalized spacial score (nSPS) is 10.2. The first-order valence-electron chi connectivity index (χ1n) is 5.60. The van der Waals surface area contributed by atoms with Gasteiger partial charge in [0.15, 0.2) is 0 Å². The number of ether oxygens (including phenoxy) is 1. The predicted molar refractivity (Wildman–Crippen MR) is 89.7 cm³/mol. The van der Waals surface area contributed by atoms with E-state index in [0.717, 1.165) is 0 Å². The summed E-state index contributed by atoms with van der Waals surface area (Å²) >= 11 is 3.72. The third-order valence-corrected chi connectivity index (χ3v) is 4.25. The van der Waals surface area contributed by atoms with Gasteiger partial charge in [0.25, 0.3) is 0 Å². The Morgan fingerprint density at radius 1 is 1.05 bits per heavy atom. The minimum absolute atomic E-state index is 0.0398. The van der Waals surface area contributed by atoms with Crippen LogP contribution >= 0.6 is 45.2 Å². The quantitative estimate of drug-likeness (QED) is 0.391. The maximum absolute atomic E-state index is 12.1. The van der Waals surface area contributed by atoms with Gasteiger partial charge in [-0.2, -0.15) is 0 Å². The van der Waals surface area contributed by atoms with Crippen LogP contribution in [0.2, 0.25) is 0 Å². The Bertz CT molecular complexity index is 727. The molecule has 0 atom stereocenters. The predicted octanol–water partition coefficient (Wildman–Crippen LogP) is 2.89. The lowest BCUT2D eigenvalue weighted by atomic mass is 10.1. The topological polar surface area (TPSA) is 86.7 Å². The smallest absolute Gasteiger partial charge is 0.344 e. The van der Waals surface area contributed by atoms with Crippen molar-refractivity contribution in [3.05, 3.63) is 54.7 Å². The van der Waals surface area contributed by atoms with Crippen molar-refractivity contribution in [3.63, 3.8) is 0 Å². The number of esters is 1. The molecule has 0 heterocycles. The first-order chi connectivity index (χ1) is 9.90. The Balaban J connectivity index is 2.35. The summed E-state index contributed by atoms with van der Waals surface area (Å²) in [5, 5.41) is 20.5. The number of hydrogen-bond acceptors (Lipinski definition) is 4. The maximum Gasteiger partial charge on any atom is 0.344 e. The molecule has 0 unspecified atom stereocenters. The van der Waals surface area contributed by atoms with Gasteiger partial charge in [-0.3, -0.25) is 0 Å². The van der Waals surface area contributed by atoms with Crippen LogP contribution in [0.3, 0.4) is 0 Å². The zero-order chi connectivity index (χ0) is 15.6. The van der Waals surface area contributed by atoms with E-state index in [1.54, 1.807) is 6.07 Å². The van der Waals surface area contributed by atoms with Crippen molar-refractivity contribution in [2.45, 2.75) is 0 Å². The molecule has 0 saturated carbocycles. The monoisotopic (exact) mass is 509 g/mol. The van der Waals surface area contributed by atoms with Crippen molar-refractivity contribution < 1.29 is 24.5 Å². The summed E-state index contributed by atoms with van der Waals surface area (Å²) in [4.78, 5) is 23.2. The Morgan fingerprint density at radius 3 is 2.29 bits per heavy atom. The summed E-state index contributed by atoms with van der Waals surface area (Å²) < 4.78 is 6.11. The highest BCUT2D eigenvalue weighted by Gasteiger charge is 2.18. The molecule has 0 fully saturated rings. The fraction of sp³-hybridized carbons (Fsp3) is 0. The molecule has 0 amide bonds. The fourth-order valence-electron chi connectivity index (χ4n) is 1.59. The van der Waals surface area contributed by atoms with Crippen molar-refractivity contribution in [1.82, 2.24) is 0 Å². The van der Waals surface area contributed by atoms with Crippen molar-refractivity contribution >= 4 is 57.1 Å². The van der Waals surface area contributed by atoms with Crippen molar-refractivity contribution in [2.24, 2.45) is 0 Å². The largest absolute Gasteiger partial charge is 0.872 e. The zero-order valence-electron chi connectivity index (χ0n) is 10.3. The lowest BCUT2D eigenvalue weighted by Crippen LogP contribution is -2.14. The zero-order valence-corrected chi connectivity index (χ0v) is 14.6. The van der Waals surface area contributed by atoms with Gasteiger partial charge in [-0.05, 0) is 63.4 Å². The average Bonchev–Trinajstić information content (AvgIpc) is 2.44. The highest BCUT2D eigenvalue weighted by Crippen LogP contribution is 2.29. The summed E-state index contributed by atoms with van der Waals surface area (Å²) in [6, 6.07) is 8.59. The molecule has 2 rings (SSSR count). The first-order valence-corrected chi connectivity index (χ1v) is 7.76. The Hall–Kier alpha value is -1.36. The molecule has 0 radical (unpaired) electrons. The van der Waals surface area contributed by atoms with Crippen LogP contribution in [-0.4, -0.2) is 17.0 Å². The van der Waals surface area contributed by atoms with Crippen LogP contribution in [0.5, 0.6) is 11.5 Å². The van der Waals surface area contributed by atoms with Gasteiger partial charge in [0.1, 0.15) is 5.75 Å². The Kier molecular flexibility index (Phi) is 5.04. The van der Waals surface area contributed by atoms with Crippen molar-refractivity contribution in [2.75, 3.05) is 0 Å². The molecule has 2 aromatic rings. The van der Waals surface area contributed by atoms with Crippen LogP contribution < -0.4 is 9.84 Å². The summed E-state index contributed by atoms with van der Waals surface area (Å²) in [5.74, 6) is -1.92. The number of halogens is 2. The van der Waals surface area contributed by atoms with E-state index in [2.05, 4.69) is 0 Å². The van der Waals surface area contributed by atoms with E-state index in [4.69, 9.17) is 9.84 Å². The summed E-state index contributed by atoms with van der Waals surface area (Å²) in [7, 11) is 0. The SMILES string of the molecule is O=C(O)c1ccccc1C(=O)Oc1cc(I)c([O-])cc1I. The van der Waals surface area contributed by atoms with Gasteiger partial charge >= 0.3 is 11.9 Å². The molecule has 0 bridgehead atoms. The van der Waals surface area contributed by atoms with Crippen LogP contribution in [-0.2, 0) is 0 Å². The number of hydrogen-bond donors (Lipinski definition) is 1. The van der Waals surface area contributed by atoms with Crippen molar-refractivity contribution in [1.29, 1.82) is 0 Å². The third-order valence-electron chi connectivity index (χ3n) is 2.57. The first kappa shape index (κ1) is 16.0. The van der Waals surface area contributed by atoms with Gasteiger partial charge in [-0.25, -0.2) is 9.59 Å². The lowest BCUT2D eigenvalue weighted by Gasteiger charge is -2.13. The second-order valence-corrected chi connectivity index (χ2v) is 6.28. The third kappa shape index (κ3) is 3.64. The number of rotatable bonds is 3. The highest BCUT2D eigenvalue weighted by atomic mass is 127. The second kappa shape index (κ2) is 6.60. The summed E-state index contributed by atoms with van der Waals surface area (Å²) in [6.07, 6.45) is 0. The molecule has 7 heteroatoms. The lowest BCUT2D eigenvalue weighted by molar-refractivity contribution is -0.269. The van der Waals surface area contributed by atoms with E-state index in [0.29, 0.717) is 7.14 Å². The highest BCUT2D eigenvalue weighted by molar-refractivity contribution is 14.1. The van der Waals surface area contributed by atoms with Gasteiger partial charge in [-0.1, -0.05) is 23.9 Å². The molecule has 0 spiro atoms. The van der Waals surface area contributed by atoms with Crippen molar-refractivity contribution in [3.8, 4) is 11.5 Å². The molecule has 5 nitrogen and oxygen atoms in total. The molecule has 0 saturated heterocycles. The molecule has 0 aromatic heterocycles. The van der Waals surface area contributed by atoms with Crippen LogP contribution in [0.25, 0.3) is 0 Å². The van der Waals surface area contributed by atoms with Gasteiger partial charge in [0.05, 0.1) is 14.7 Å². The van der Waals surface area contributed by atoms with E-state index in [1.165, 1.54) is 30.3 Å². The molecular formula is C14H7I2O5-. The summed E-state index contributed by atoms with van der Waals surface area (Å²) in [5.41, 5.74) is -0.172. The van der Waals surface area contributed by atoms with Gasteiger partial charge in [-0.15, -0.1) is 0 Å². The van der Waals surface area contributed by atoms with Crippen LogP contribution in [0.15, 0.2) is 36.4 Å². The minimum atomic E-state index is -1.21. The molecule has 0 aliphatic rings. The van der Waals surface area contributed by atoms with Gasteiger partial charge < -0.3 is 14.9 Å². The second-order valence-electron chi connectivity index (χ2n) is 3.95. The number of aromatic carboxylic acids is 1. The van der Waals surface area contributed by atoms with Gasteiger partial charge in [0.2, 0.25) is 0 Å². The van der Waals surface area contributed by atoms with E-state index in [9.17, 15) is 14.7 Å². The average molecular weight is 509 g/mol. The van der Waals surface area contributed by atoms with Crippen LogP contribution in [0.1, 0.15) is 20.7 Å². The molecular weight excluding hydrogens is 502 g/mol. The standard InChI is InChI=1S/C14H8I2O5/c15-9-6-12(10(16)5-11(9)17)21-14(20)8-4-2-1-3-7(8)13(18)19/h1-6,17H,(H,18,19)/p-1. The molecule has 0 aliphatic carbocycles. The van der Waals surface area contributed by atoms with E-state index < -0.39 is 11.9 Å². The number of benzene rings is 2. The van der Waals surface area contributed by atoms with E-state index in [1.807, 2.05) is 45.2 Å². The van der Waals surface area contributed by atoms with Crippen LogP contribution in [0.4, 0.5) is 0 Å².